The minimum Gasteiger partial charge on any atom is -0.459 e. The van der Waals surface area contributed by atoms with E-state index in [4.69, 9.17) is 9.84 Å². The number of hydrogen-bond acceptors (Lipinski definition) is 4. The van der Waals surface area contributed by atoms with Crippen molar-refractivity contribution >= 4 is 11.9 Å². The molecule has 0 aliphatic carbocycles. The Morgan fingerprint density at radius 3 is 2.52 bits per heavy atom. The van der Waals surface area contributed by atoms with Crippen LogP contribution in [-0.2, 0) is 14.3 Å². The number of amides is 1. The molecule has 2 unspecified atom stereocenters. The first kappa shape index (κ1) is 23.7. The van der Waals surface area contributed by atoms with Crippen molar-refractivity contribution in [2.45, 2.75) is 104 Å². The van der Waals surface area contributed by atoms with Gasteiger partial charge in [-0.3, -0.25) is 4.79 Å². The molecule has 0 aromatic carbocycles. The Bertz CT molecular complexity index is 475. The van der Waals surface area contributed by atoms with Crippen LogP contribution in [0.2, 0.25) is 0 Å². The number of unbranched alkanes of at least 4 members (excludes halogenated alkanes) is 6. The Morgan fingerprint density at radius 1 is 1.19 bits per heavy atom. The normalized spacial score (nSPS) is 18.6. The number of ether oxygens (including phenoxy) is 1. The summed E-state index contributed by atoms with van der Waals surface area (Å²) >= 11 is 0. The van der Waals surface area contributed by atoms with Crippen molar-refractivity contribution in [2.75, 3.05) is 13.2 Å². The molecule has 1 amide bonds. The monoisotopic (exact) mass is 381 g/mol. The molecule has 1 N–H and O–H groups in total. The summed E-state index contributed by atoms with van der Waals surface area (Å²) in [6, 6.07) is 0.173. The number of nitrogens with zero attached hydrogens (tertiary/aromatic N) is 1. The van der Waals surface area contributed by atoms with Gasteiger partial charge in [-0.25, -0.2) is 4.79 Å². The largest absolute Gasteiger partial charge is 0.459 e. The summed E-state index contributed by atoms with van der Waals surface area (Å²) in [6.07, 6.45) is 13.0. The van der Waals surface area contributed by atoms with Crippen LogP contribution in [0.25, 0.3) is 0 Å². The van der Waals surface area contributed by atoms with Crippen LogP contribution >= 0.6 is 0 Å². The minimum absolute atomic E-state index is 0.168. The maximum Gasteiger partial charge on any atom is 0.333 e. The SMILES string of the molecule is CCCCCCCCCC(=O)N1CCCC1CC(C)OC(=O)C(C)=CCO. The standard InChI is InChI=1S/C22H39NO4/c1-4-5-6-7-8-9-10-13-21(25)23-15-11-12-20(23)17-19(3)27-22(26)18(2)14-16-24/h14,19-20,24H,4-13,15-17H2,1-3H3. The fourth-order valence-corrected chi connectivity index (χ4v) is 3.71. The summed E-state index contributed by atoms with van der Waals surface area (Å²) in [6.45, 7) is 6.39. The number of rotatable bonds is 13. The summed E-state index contributed by atoms with van der Waals surface area (Å²) in [7, 11) is 0. The van der Waals surface area contributed by atoms with Gasteiger partial charge in [0.05, 0.1) is 6.61 Å². The summed E-state index contributed by atoms with van der Waals surface area (Å²) in [5.74, 6) is -0.142. The van der Waals surface area contributed by atoms with Crippen molar-refractivity contribution in [2.24, 2.45) is 0 Å². The number of esters is 1. The lowest BCUT2D eigenvalue weighted by atomic mass is 10.1. The van der Waals surface area contributed by atoms with E-state index in [1.54, 1.807) is 6.92 Å². The Hall–Kier alpha value is -1.36. The van der Waals surface area contributed by atoms with Crippen molar-refractivity contribution in [3.05, 3.63) is 11.6 Å². The number of carbonyl (C=O) groups is 2. The predicted molar refractivity (Wildman–Crippen MR) is 108 cm³/mol. The highest BCUT2D eigenvalue weighted by atomic mass is 16.5. The molecule has 1 rings (SSSR count). The van der Waals surface area contributed by atoms with Crippen LogP contribution in [0.1, 0.15) is 91.4 Å². The highest BCUT2D eigenvalue weighted by molar-refractivity contribution is 5.87. The zero-order valence-electron chi connectivity index (χ0n) is 17.5. The van der Waals surface area contributed by atoms with E-state index in [0.29, 0.717) is 18.4 Å². The third-order valence-electron chi connectivity index (χ3n) is 5.32. The first-order valence-electron chi connectivity index (χ1n) is 10.8. The molecular weight excluding hydrogens is 342 g/mol. The van der Waals surface area contributed by atoms with Crippen molar-refractivity contribution in [3.8, 4) is 0 Å². The van der Waals surface area contributed by atoms with Crippen LogP contribution in [0, 0.1) is 0 Å². The molecule has 0 aromatic heterocycles. The second-order valence-electron chi connectivity index (χ2n) is 7.78. The van der Waals surface area contributed by atoms with Crippen molar-refractivity contribution < 1.29 is 19.4 Å². The highest BCUT2D eigenvalue weighted by Gasteiger charge is 2.30. The molecule has 5 heteroatoms. The molecule has 0 radical (unpaired) electrons. The first-order chi connectivity index (χ1) is 13.0. The first-order valence-corrected chi connectivity index (χ1v) is 10.8. The predicted octanol–water partition coefficient (Wildman–Crippen LogP) is 4.38. The van der Waals surface area contributed by atoms with Crippen LogP contribution in [0.3, 0.4) is 0 Å². The summed E-state index contributed by atoms with van der Waals surface area (Å²) in [4.78, 5) is 26.5. The second-order valence-corrected chi connectivity index (χ2v) is 7.78. The summed E-state index contributed by atoms with van der Waals surface area (Å²) < 4.78 is 5.44. The van der Waals surface area contributed by atoms with Crippen molar-refractivity contribution in [1.29, 1.82) is 0 Å². The molecular formula is C22H39NO4. The maximum atomic E-state index is 12.6. The van der Waals surface area contributed by atoms with Crippen molar-refractivity contribution in [3.63, 3.8) is 0 Å². The smallest absolute Gasteiger partial charge is 0.333 e. The van der Waals surface area contributed by atoms with Gasteiger partial charge in [-0.2, -0.15) is 0 Å². The third kappa shape index (κ3) is 9.41. The second kappa shape index (κ2) is 13.8. The van der Waals surface area contributed by atoms with E-state index in [1.165, 1.54) is 38.2 Å². The molecule has 5 nitrogen and oxygen atoms in total. The van der Waals surface area contributed by atoms with Gasteiger partial charge in [0.15, 0.2) is 0 Å². The number of likely N-dealkylation sites (tertiary alicyclic amines) is 1. The number of carbonyl (C=O) groups excluding carboxylic acids is 2. The number of aliphatic hydroxyl groups is 1. The van der Waals surface area contributed by atoms with Gasteiger partial charge in [0.2, 0.25) is 5.91 Å². The topological polar surface area (TPSA) is 66.8 Å². The average molecular weight is 382 g/mol. The number of hydrogen-bond donors (Lipinski definition) is 1. The molecule has 0 saturated carbocycles. The van der Waals surface area contributed by atoms with E-state index < -0.39 is 5.97 Å². The molecule has 1 aliphatic rings. The minimum atomic E-state index is -0.393. The van der Waals surface area contributed by atoms with Gasteiger partial charge < -0.3 is 14.7 Å². The van der Waals surface area contributed by atoms with Gasteiger partial charge in [-0.15, -0.1) is 0 Å². The molecule has 1 fully saturated rings. The fourth-order valence-electron chi connectivity index (χ4n) is 3.71. The van der Waals surface area contributed by atoms with E-state index in [2.05, 4.69) is 6.92 Å². The van der Waals surface area contributed by atoms with Gasteiger partial charge in [0, 0.05) is 31.0 Å². The molecule has 0 bridgehead atoms. The van der Waals surface area contributed by atoms with Gasteiger partial charge >= 0.3 is 5.97 Å². The average Bonchev–Trinajstić information content (AvgIpc) is 3.08. The molecule has 1 saturated heterocycles. The lowest BCUT2D eigenvalue weighted by Crippen LogP contribution is -2.37. The molecule has 156 valence electrons. The molecule has 2 atom stereocenters. The Kier molecular flexibility index (Phi) is 12.1. The highest BCUT2D eigenvalue weighted by Crippen LogP contribution is 2.24. The molecule has 1 heterocycles. The Morgan fingerprint density at radius 2 is 1.85 bits per heavy atom. The fraction of sp³-hybridized carbons (Fsp3) is 0.818. The van der Waals surface area contributed by atoms with E-state index in [0.717, 1.165) is 32.2 Å². The molecule has 1 aliphatic heterocycles. The lowest BCUT2D eigenvalue weighted by molar-refractivity contribution is -0.144. The van der Waals surface area contributed by atoms with E-state index in [1.807, 2.05) is 11.8 Å². The van der Waals surface area contributed by atoms with Crippen LogP contribution in [0.4, 0.5) is 0 Å². The third-order valence-corrected chi connectivity index (χ3v) is 5.32. The van der Waals surface area contributed by atoms with E-state index >= 15 is 0 Å². The molecule has 0 aromatic rings. The summed E-state index contributed by atoms with van der Waals surface area (Å²) in [5, 5.41) is 8.86. The Labute approximate surface area is 165 Å². The van der Waals surface area contributed by atoms with Crippen molar-refractivity contribution in [1.82, 2.24) is 4.90 Å². The van der Waals surface area contributed by atoms with Gasteiger partial charge in [-0.1, -0.05) is 45.4 Å². The summed E-state index contributed by atoms with van der Waals surface area (Å²) in [5.41, 5.74) is 0.419. The van der Waals surface area contributed by atoms with E-state index in [-0.39, 0.29) is 24.7 Å². The molecule has 27 heavy (non-hydrogen) atoms. The van der Waals surface area contributed by atoms with Crippen LogP contribution in [0.5, 0.6) is 0 Å². The van der Waals surface area contributed by atoms with Gasteiger partial charge in [0.25, 0.3) is 0 Å². The van der Waals surface area contributed by atoms with Gasteiger partial charge in [-0.05, 0) is 39.2 Å². The van der Waals surface area contributed by atoms with Crippen LogP contribution < -0.4 is 0 Å². The quantitative estimate of drug-likeness (QED) is 0.292. The lowest BCUT2D eigenvalue weighted by Gasteiger charge is -2.27. The Balaban J connectivity index is 2.32. The van der Waals surface area contributed by atoms with Gasteiger partial charge in [0.1, 0.15) is 6.10 Å². The van der Waals surface area contributed by atoms with Crippen LogP contribution in [0.15, 0.2) is 11.6 Å². The van der Waals surface area contributed by atoms with E-state index in [9.17, 15) is 9.59 Å². The number of aliphatic hydroxyl groups excluding tert-OH is 1. The zero-order chi connectivity index (χ0) is 20.1. The van der Waals surface area contributed by atoms with Crippen LogP contribution in [-0.4, -0.2) is 47.2 Å². The molecule has 0 spiro atoms. The zero-order valence-corrected chi connectivity index (χ0v) is 17.5. The maximum absolute atomic E-state index is 12.6.